The van der Waals surface area contributed by atoms with Crippen molar-refractivity contribution in [2.75, 3.05) is 0 Å². The van der Waals surface area contributed by atoms with Crippen LogP contribution < -0.4 is 0 Å². The van der Waals surface area contributed by atoms with Gasteiger partial charge in [0.2, 0.25) is 0 Å². The smallest absolute Gasteiger partial charge is 0.139 e. The summed E-state index contributed by atoms with van der Waals surface area (Å²) in [6.07, 6.45) is 0. The van der Waals surface area contributed by atoms with Crippen LogP contribution in [0.1, 0.15) is 0 Å². The molecule has 3 rings (SSSR count). The van der Waals surface area contributed by atoms with Gasteiger partial charge in [-0.15, -0.1) is 0 Å². The minimum Gasteiger partial charge on any atom is -0.338 e. The third-order valence-electron chi connectivity index (χ3n) is 2.57. The molecule has 2 aromatic carbocycles. The highest BCUT2D eigenvalue weighted by Gasteiger charge is 2.07. The third-order valence-corrected chi connectivity index (χ3v) is 3.50. The molecule has 4 heteroatoms. The van der Waals surface area contributed by atoms with Gasteiger partial charge in [0.15, 0.2) is 0 Å². The van der Waals surface area contributed by atoms with Crippen LogP contribution in [-0.2, 0) is 0 Å². The number of fused-ring (bicyclic) bond motifs is 1. The summed E-state index contributed by atoms with van der Waals surface area (Å²) >= 11 is 9.47. The van der Waals surface area contributed by atoms with Crippen LogP contribution in [0.2, 0.25) is 5.02 Å². The SMILES string of the molecule is Clc1ccc2nc(-c3ccccc3Br)[nH]c2c1. The second-order valence-electron chi connectivity index (χ2n) is 3.73. The molecule has 1 aromatic heterocycles. The Kier molecular flexibility index (Phi) is 2.65. The quantitative estimate of drug-likeness (QED) is 0.697. The van der Waals surface area contributed by atoms with Crippen molar-refractivity contribution in [2.24, 2.45) is 0 Å². The van der Waals surface area contributed by atoms with Gasteiger partial charge in [0, 0.05) is 15.1 Å². The zero-order chi connectivity index (χ0) is 11.8. The molecule has 0 saturated heterocycles. The molecule has 0 spiro atoms. The van der Waals surface area contributed by atoms with Crippen LogP contribution in [0.3, 0.4) is 0 Å². The molecular weight excluding hydrogens is 300 g/mol. The van der Waals surface area contributed by atoms with Gasteiger partial charge < -0.3 is 4.98 Å². The molecule has 0 aliphatic carbocycles. The summed E-state index contributed by atoms with van der Waals surface area (Å²) in [5.41, 5.74) is 2.91. The monoisotopic (exact) mass is 306 g/mol. The molecule has 3 aromatic rings. The van der Waals surface area contributed by atoms with Crippen molar-refractivity contribution < 1.29 is 0 Å². The van der Waals surface area contributed by atoms with E-state index in [0.29, 0.717) is 5.02 Å². The van der Waals surface area contributed by atoms with Crippen LogP contribution in [0, 0.1) is 0 Å². The maximum absolute atomic E-state index is 5.95. The van der Waals surface area contributed by atoms with Gasteiger partial charge in [0.1, 0.15) is 5.82 Å². The fourth-order valence-corrected chi connectivity index (χ4v) is 2.41. The summed E-state index contributed by atoms with van der Waals surface area (Å²) in [7, 11) is 0. The van der Waals surface area contributed by atoms with Crippen LogP contribution >= 0.6 is 27.5 Å². The number of imidazole rings is 1. The van der Waals surface area contributed by atoms with Crippen molar-refractivity contribution in [3.05, 3.63) is 52.0 Å². The normalized spacial score (nSPS) is 10.9. The summed E-state index contributed by atoms with van der Waals surface area (Å²) in [6, 6.07) is 13.6. The molecule has 0 fully saturated rings. The standard InChI is InChI=1S/C13H8BrClN2/c14-10-4-2-1-3-9(10)13-16-11-6-5-8(15)7-12(11)17-13/h1-7H,(H,16,17). The number of halogens is 2. The maximum Gasteiger partial charge on any atom is 0.139 e. The molecule has 0 radical (unpaired) electrons. The van der Waals surface area contributed by atoms with Gasteiger partial charge in [-0.2, -0.15) is 0 Å². The van der Waals surface area contributed by atoms with E-state index in [1.807, 2.05) is 42.5 Å². The summed E-state index contributed by atoms with van der Waals surface area (Å²) in [6.45, 7) is 0. The Morgan fingerprint density at radius 1 is 1.12 bits per heavy atom. The third kappa shape index (κ3) is 1.96. The van der Waals surface area contributed by atoms with E-state index in [4.69, 9.17) is 11.6 Å². The molecule has 17 heavy (non-hydrogen) atoms. The molecule has 1 N–H and O–H groups in total. The minimum atomic E-state index is 0.708. The van der Waals surface area contributed by atoms with Crippen molar-refractivity contribution in [3.63, 3.8) is 0 Å². The van der Waals surface area contributed by atoms with E-state index < -0.39 is 0 Å². The van der Waals surface area contributed by atoms with Gasteiger partial charge in [0.05, 0.1) is 11.0 Å². The highest BCUT2D eigenvalue weighted by atomic mass is 79.9. The van der Waals surface area contributed by atoms with Crippen molar-refractivity contribution in [3.8, 4) is 11.4 Å². The zero-order valence-corrected chi connectivity index (χ0v) is 11.1. The van der Waals surface area contributed by atoms with Crippen LogP contribution in [0.4, 0.5) is 0 Å². The number of rotatable bonds is 1. The highest BCUT2D eigenvalue weighted by molar-refractivity contribution is 9.10. The first kappa shape index (κ1) is 10.8. The first-order valence-electron chi connectivity index (χ1n) is 5.14. The average Bonchev–Trinajstić information content (AvgIpc) is 2.72. The largest absolute Gasteiger partial charge is 0.338 e. The summed E-state index contributed by atoms with van der Waals surface area (Å²) in [4.78, 5) is 7.81. The lowest BCUT2D eigenvalue weighted by molar-refractivity contribution is 1.33. The van der Waals surface area contributed by atoms with E-state index in [0.717, 1.165) is 26.9 Å². The van der Waals surface area contributed by atoms with E-state index in [9.17, 15) is 0 Å². The zero-order valence-electron chi connectivity index (χ0n) is 8.74. The highest BCUT2D eigenvalue weighted by Crippen LogP contribution is 2.28. The number of aromatic amines is 1. The predicted molar refractivity (Wildman–Crippen MR) is 74.2 cm³/mol. The predicted octanol–water partition coefficient (Wildman–Crippen LogP) is 4.65. The van der Waals surface area contributed by atoms with Crippen molar-refractivity contribution in [1.82, 2.24) is 9.97 Å². The first-order valence-corrected chi connectivity index (χ1v) is 6.31. The molecule has 0 saturated carbocycles. The number of aromatic nitrogens is 2. The Hall–Kier alpha value is -1.32. The lowest BCUT2D eigenvalue weighted by atomic mass is 10.2. The van der Waals surface area contributed by atoms with E-state index in [1.165, 1.54) is 0 Å². The van der Waals surface area contributed by atoms with Gasteiger partial charge in [-0.05, 0) is 24.3 Å². The van der Waals surface area contributed by atoms with Crippen molar-refractivity contribution >= 4 is 38.6 Å². The van der Waals surface area contributed by atoms with Crippen LogP contribution in [0.15, 0.2) is 46.9 Å². The van der Waals surface area contributed by atoms with Crippen LogP contribution in [0.5, 0.6) is 0 Å². The number of nitrogens with one attached hydrogen (secondary N) is 1. The second-order valence-corrected chi connectivity index (χ2v) is 5.02. The van der Waals surface area contributed by atoms with Crippen LogP contribution in [0.25, 0.3) is 22.4 Å². The second kappa shape index (κ2) is 4.17. The van der Waals surface area contributed by atoms with Gasteiger partial charge in [-0.1, -0.05) is 45.7 Å². The van der Waals surface area contributed by atoms with Crippen LogP contribution in [-0.4, -0.2) is 9.97 Å². The molecule has 0 atom stereocenters. The molecule has 1 heterocycles. The molecule has 0 aliphatic heterocycles. The Balaban J connectivity index is 2.22. The fraction of sp³-hybridized carbons (Fsp3) is 0. The average molecular weight is 308 g/mol. The van der Waals surface area contributed by atoms with Gasteiger partial charge in [-0.25, -0.2) is 4.98 Å². The van der Waals surface area contributed by atoms with Gasteiger partial charge >= 0.3 is 0 Å². The van der Waals surface area contributed by atoms with Gasteiger partial charge in [0.25, 0.3) is 0 Å². The molecular formula is C13H8BrClN2. The van der Waals surface area contributed by atoms with E-state index in [1.54, 1.807) is 0 Å². The lowest BCUT2D eigenvalue weighted by Gasteiger charge is -1.98. The topological polar surface area (TPSA) is 28.7 Å². The number of benzene rings is 2. The minimum absolute atomic E-state index is 0.708. The molecule has 2 nitrogen and oxygen atoms in total. The number of hydrogen-bond acceptors (Lipinski definition) is 1. The Labute approximate surface area is 112 Å². The fourth-order valence-electron chi connectivity index (χ4n) is 1.76. The number of H-pyrrole nitrogens is 1. The Morgan fingerprint density at radius 2 is 1.94 bits per heavy atom. The van der Waals surface area contributed by atoms with Crippen molar-refractivity contribution in [1.29, 1.82) is 0 Å². The summed E-state index contributed by atoms with van der Waals surface area (Å²) in [5.74, 6) is 0.842. The number of nitrogens with zero attached hydrogens (tertiary/aromatic N) is 1. The molecule has 0 unspecified atom stereocenters. The Bertz CT molecular complexity index is 691. The summed E-state index contributed by atoms with van der Waals surface area (Å²) in [5, 5.41) is 0.708. The lowest BCUT2D eigenvalue weighted by Crippen LogP contribution is -1.80. The summed E-state index contributed by atoms with van der Waals surface area (Å²) < 4.78 is 1.02. The molecule has 0 bridgehead atoms. The first-order chi connectivity index (χ1) is 8.24. The van der Waals surface area contributed by atoms with E-state index >= 15 is 0 Å². The number of hydrogen-bond donors (Lipinski definition) is 1. The van der Waals surface area contributed by atoms with E-state index in [-0.39, 0.29) is 0 Å². The van der Waals surface area contributed by atoms with Crippen molar-refractivity contribution in [2.45, 2.75) is 0 Å². The molecule has 0 aliphatic rings. The van der Waals surface area contributed by atoms with E-state index in [2.05, 4.69) is 25.9 Å². The maximum atomic E-state index is 5.95. The molecule has 0 amide bonds. The molecule has 84 valence electrons. The Morgan fingerprint density at radius 3 is 2.76 bits per heavy atom. The van der Waals surface area contributed by atoms with Gasteiger partial charge in [-0.3, -0.25) is 0 Å².